The molecule has 8 heteroatoms. The van der Waals surface area contributed by atoms with E-state index in [1.54, 1.807) is 37.4 Å². The maximum absolute atomic E-state index is 12.1. The van der Waals surface area contributed by atoms with E-state index in [0.717, 1.165) is 19.4 Å². The quantitative estimate of drug-likeness (QED) is 0.821. The van der Waals surface area contributed by atoms with Gasteiger partial charge in [-0.15, -0.1) is 10.2 Å². The van der Waals surface area contributed by atoms with Crippen LogP contribution in [0.25, 0.3) is 0 Å². The van der Waals surface area contributed by atoms with Crippen molar-refractivity contribution in [2.24, 2.45) is 0 Å². The third-order valence-corrected chi connectivity index (χ3v) is 4.07. The van der Waals surface area contributed by atoms with Gasteiger partial charge in [-0.3, -0.25) is 4.79 Å². The van der Waals surface area contributed by atoms with Crippen LogP contribution in [0, 0.1) is 0 Å². The Morgan fingerprint density at radius 1 is 1.36 bits per heavy atom. The lowest BCUT2D eigenvalue weighted by Crippen LogP contribution is -2.32. The Kier molecular flexibility index (Phi) is 5.67. The number of amides is 1. The minimum Gasteiger partial charge on any atom is -0.495 e. The summed E-state index contributed by atoms with van der Waals surface area (Å²) in [5, 5.41) is 14.4. The Labute approximate surface area is 150 Å². The summed E-state index contributed by atoms with van der Waals surface area (Å²) >= 11 is 6.00. The van der Waals surface area contributed by atoms with Gasteiger partial charge in [0, 0.05) is 18.2 Å². The Hall–Kier alpha value is -2.38. The first-order valence-electron chi connectivity index (χ1n) is 8.00. The van der Waals surface area contributed by atoms with Gasteiger partial charge in [-0.05, 0) is 43.2 Å². The molecule has 0 bridgehead atoms. The number of hydrogen-bond acceptors (Lipinski definition) is 6. The van der Waals surface area contributed by atoms with E-state index < -0.39 is 0 Å². The third kappa shape index (κ3) is 4.58. The third-order valence-electron chi connectivity index (χ3n) is 3.84. The molecule has 25 heavy (non-hydrogen) atoms. The Balaban J connectivity index is 1.62. The van der Waals surface area contributed by atoms with Crippen molar-refractivity contribution in [1.29, 1.82) is 0 Å². The van der Waals surface area contributed by atoms with Gasteiger partial charge < -0.3 is 20.1 Å². The number of methoxy groups -OCH3 is 1. The van der Waals surface area contributed by atoms with Crippen LogP contribution >= 0.6 is 11.6 Å². The van der Waals surface area contributed by atoms with Crippen molar-refractivity contribution in [3.8, 4) is 5.75 Å². The number of halogens is 1. The minimum atomic E-state index is -0.269. The first-order valence-corrected chi connectivity index (χ1v) is 8.37. The van der Waals surface area contributed by atoms with Crippen LogP contribution in [-0.2, 0) is 4.74 Å². The Morgan fingerprint density at radius 2 is 2.24 bits per heavy atom. The largest absolute Gasteiger partial charge is 0.495 e. The van der Waals surface area contributed by atoms with Crippen LogP contribution in [0.1, 0.15) is 23.3 Å². The first kappa shape index (κ1) is 17.4. The summed E-state index contributed by atoms with van der Waals surface area (Å²) in [6.45, 7) is 1.24. The van der Waals surface area contributed by atoms with Gasteiger partial charge in [0.1, 0.15) is 5.75 Å². The SMILES string of the molecule is COc1ccc(Cl)cc1Nc1ccc(C(=O)NCC2CCCO2)nn1. The molecule has 2 heterocycles. The average Bonchev–Trinajstić information content (AvgIpc) is 3.14. The van der Waals surface area contributed by atoms with Crippen LogP contribution in [0.4, 0.5) is 11.5 Å². The number of anilines is 2. The molecule has 1 aliphatic rings. The number of nitrogens with one attached hydrogen (secondary N) is 2. The highest BCUT2D eigenvalue weighted by molar-refractivity contribution is 6.31. The molecule has 1 amide bonds. The zero-order valence-corrected chi connectivity index (χ0v) is 14.5. The van der Waals surface area contributed by atoms with E-state index in [1.807, 2.05) is 0 Å². The molecule has 1 fully saturated rings. The van der Waals surface area contributed by atoms with Gasteiger partial charge in [-0.25, -0.2) is 0 Å². The fourth-order valence-electron chi connectivity index (χ4n) is 2.54. The molecule has 1 atom stereocenters. The molecule has 1 aromatic carbocycles. The molecule has 0 aliphatic carbocycles. The zero-order chi connectivity index (χ0) is 17.6. The highest BCUT2D eigenvalue weighted by Crippen LogP contribution is 2.29. The van der Waals surface area contributed by atoms with Gasteiger partial charge in [0.2, 0.25) is 0 Å². The van der Waals surface area contributed by atoms with Gasteiger partial charge in [0.05, 0.1) is 18.9 Å². The molecule has 1 aliphatic heterocycles. The second-order valence-corrected chi connectivity index (χ2v) is 6.05. The van der Waals surface area contributed by atoms with Crippen molar-refractivity contribution in [3.63, 3.8) is 0 Å². The molecule has 0 radical (unpaired) electrons. The highest BCUT2D eigenvalue weighted by Gasteiger charge is 2.17. The van der Waals surface area contributed by atoms with E-state index >= 15 is 0 Å². The average molecular weight is 363 g/mol. The maximum Gasteiger partial charge on any atom is 0.271 e. The van der Waals surface area contributed by atoms with Crippen LogP contribution < -0.4 is 15.4 Å². The van der Waals surface area contributed by atoms with Crippen LogP contribution in [0.2, 0.25) is 5.02 Å². The lowest BCUT2D eigenvalue weighted by atomic mass is 10.2. The summed E-state index contributed by atoms with van der Waals surface area (Å²) in [7, 11) is 1.57. The fourth-order valence-corrected chi connectivity index (χ4v) is 2.71. The molecule has 3 rings (SSSR count). The summed E-state index contributed by atoms with van der Waals surface area (Å²) in [6.07, 6.45) is 2.09. The minimum absolute atomic E-state index is 0.0909. The maximum atomic E-state index is 12.1. The Bertz CT molecular complexity index is 733. The monoisotopic (exact) mass is 362 g/mol. The fraction of sp³-hybridized carbons (Fsp3) is 0.353. The summed E-state index contributed by atoms with van der Waals surface area (Å²) in [6, 6.07) is 8.50. The molecular formula is C17H19ClN4O3. The first-order chi connectivity index (χ1) is 12.2. The number of rotatable bonds is 6. The number of ether oxygens (including phenoxy) is 2. The lowest BCUT2D eigenvalue weighted by Gasteiger charge is -2.11. The van der Waals surface area contributed by atoms with Crippen LogP contribution in [-0.4, -0.2) is 42.5 Å². The molecule has 2 N–H and O–H groups in total. The van der Waals surface area contributed by atoms with Crippen molar-refractivity contribution in [2.75, 3.05) is 25.6 Å². The standard InChI is InChI=1S/C17H19ClN4O3/c1-24-15-6-4-11(18)9-14(15)20-16-7-5-13(21-22-16)17(23)19-10-12-3-2-8-25-12/h4-7,9,12H,2-3,8,10H2,1H3,(H,19,23)(H,20,22). The van der Waals surface area contributed by atoms with Crippen LogP contribution in [0.3, 0.4) is 0 Å². The van der Waals surface area contributed by atoms with Crippen molar-refractivity contribution < 1.29 is 14.3 Å². The van der Waals surface area contributed by atoms with Gasteiger partial charge in [-0.2, -0.15) is 0 Å². The molecule has 0 saturated carbocycles. The normalized spacial score (nSPS) is 16.5. The van der Waals surface area contributed by atoms with E-state index in [2.05, 4.69) is 20.8 Å². The summed E-state index contributed by atoms with van der Waals surface area (Å²) in [5.74, 6) is 0.843. The van der Waals surface area contributed by atoms with Crippen molar-refractivity contribution in [3.05, 3.63) is 41.0 Å². The number of carbonyl (C=O) groups is 1. The van der Waals surface area contributed by atoms with E-state index in [-0.39, 0.29) is 17.7 Å². The summed E-state index contributed by atoms with van der Waals surface area (Å²) in [5.41, 5.74) is 0.918. The Morgan fingerprint density at radius 3 is 2.92 bits per heavy atom. The lowest BCUT2D eigenvalue weighted by molar-refractivity contribution is 0.0853. The van der Waals surface area contributed by atoms with Gasteiger partial charge in [-0.1, -0.05) is 11.6 Å². The van der Waals surface area contributed by atoms with Crippen LogP contribution in [0.5, 0.6) is 5.75 Å². The zero-order valence-electron chi connectivity index (χ0n) is 13.8. The van der Waals surface area contributed by atoms with E-state index in [4.69, 9.17) is 21.1 Å². The van der Waals surface area contributed by atoms with Crippen molar-refractivity contribution in [2.45, 2.75) is 18.9 Å². The number of nitrogens with zero attached hydrogens (tertiary/aromatic N) is 2. The molecule has 1 unspecified atom stereocenters. The van der Waals surface area contributed by atoms with E-state index in [0.29, 0.717) is 28.8 Å². The van der Waals surface area contributed by atoms with Crippen LogP contribution in [0.15, 0.2) is 30.3 Å². The van der Waals surface area contributed by atoms with E-state index in [1.165, 1.54) is 0 Å². The number of aromatic nitrogens is 2. The summed E-state index contributed by atoms with van der Waals surface area (Å²) < 4.78 is 10.7. The van der Waals surface area contributed by atoms with E-state index in [9.17, 15) is 4.79 Å². The predicted octanol–water partition coefficient (Wildman–Crippen LogP) is 2.79. The topological polar surface area (TPSA) is 85.4 Å². The number of hydrogen-bond donors (Lipinski definition) is 2. The summed E-state index contributed by atoms with van der Waals surface area (Å²) in [4.78, 5) is 12.1. The molecule has 1 aromatic heterocycles. The van der Waals surface area contributed by atoms with Crippen molar-refractivity contribution in [1.82, 2.24) is 15.5 Å². The molecule has 7 nitrogen and oxygen atoms in total. The predicted molar refractivity (Wildman–Crippen MR) is 94.6 cm³/mol. The second-order valence-electron chi connectivity index (χ2n) is 5.62. The highest BCUT2D eigenvalue weighted by atomic mass is 35.5. The second kappa shape index (κ2) is 8.13. The number of benzene rings is 1. The molecule has 1 saturated heterocycles. The van der Waals surface area contributed by atoms with Gasteiger partial charge >= 0.3 is 0 Å². The molecule has 132 valence electrons. The van der Waals surface area contributed by atoms with Crippen molar-refractivity contribution >= 4 is 29.0 Å². The molecule has 0 spiro atoms. The van der Waals surface area contributed by atoms with Gasteiger partial charge in [0.15, 0.2) is 11.5 Å². The molecular weight excluding hydrogens is 344 g/mol. The number of carbonyl (C=O) groups excluding carboxylic acids is 1. The smallest absolute Gasteiger partial charge is 0.271 e. The van der Waals surface area contributed by atoms with Gasteiger partial charge in [0.25, 0.3) is 5.91 Å². The molecule has 2 aromatic rings.